The van der Waals surface area contributed by atoms with Crippen LogP contribution in [0.2, 0.25) is 5.02 Å². The zero-order chi connectivity index (χ0) is 15.4. The minimum absolute atomic E-state index is 0.0979. The van der Waals surface area contributed by atoms with Crippen molar-refractivity contribution in [3.8, 4) is 11.4 Å². The van der Waals surface area contributed by atoms with E-state index in [4.69, 9.17) is 16.1 Å². The lowest BCUT2D eigenvalue weighted by Gasteiger charge is -2.13. The molecule has 0 amide bonds. The molecule has 0 radical (unpaired) electrons. The molecule has 1 N–H and O–H groups in total. The van der Waals surface area contributed by atoms with Crippen molar-refractivity contribution in [2.45, 2.75) is 19.5 Å². The van der Waals surface area contributed by atoms with Gasteiger partial charge in [0.05, 0.1) is 6.54 Å². The summed E-state index contributed by atoms with van der Waals surface area (Å²) in [4.78, 5) is 4.40. The van der Waals surface area contributed by atoms with E-state index in [1.807, 2.05) is 54.6 Å². The molecule has 4 nitrogen and oxygen atoms in total. The Morgan fingerprint density at radius 3 is 2.59 bits per heavy atom. The van der Waals surface area contributed by atoms with Gasteiger partial charge in [-0.1, -0.05) is 65.3 Å². The summed E-state index contributed by atoms with van der Waals surface area (Å²) in [5.74, 6) is 1.15. The second kappa shape index (κ2) is 6.73. The molecular weight excluding hydrogens is 298 g/mol. The molecule has 0 saturated carbocycles. The molecule has 2 aromatic carbocycles. The van der Waals surface area contributed by atoms with E-state index in [0.717, 1.165) is 16.1 Å². The smallest absolute Gasteiger partial charge is 0.240 e. The van der Waals surface area contributed by atoms with Crippen molar-refractivity contribution in [2.24, 2.45) is 0 Å². The predicted octanol–water partition coefficient (Wildman–Crippen LogP) is 4.24. The number of benzene rings is 2. The van der Waals surface area contributed by atoms with Crippen LogP contribution < -0.4 is 5.32 Å². The Bertz CT molecular complexity index is 742. The molecule has 5 heteroatoms. The van der Waals surface area contributed by atoms with Crippen LogP contribution in [-0.2, 0) is 6.54 Å². The first-order chi connectivity index (χ1) is 10.7. The van der Waals surface area contributed by atoms with Gasteiger partial charge >= 0.3 is 0 Å². The number of nitrogens with one attached hydrogen (secondary N) is 1. The van der Waals surface area contributed by atoms with Gasteiger partial charge in [-0.05, 0) is 18.6 Å². The van der Waals surface area contributed by atoms with Crippen molar-refractivity contribution in [1.82, 2.24) is 15.5 Å². The number of aromatic nitrogens is 2. The third-order valence-corrected chi connectivity index (χ3v) is 3.78. The molecule has 0 aliphatic rings. The number of hydrogen-bond acceptors (Lipinski definition) is 4. The van der Waals surface area contributed by atoms with Gasteiger partial charge in [0.25, 0.3) is 0 Å². The lowest BCUT2D eigenvalue weighted by molar-refractivity contribution is 0.360. The summed E-state index contributed by atoms with van der Waals surface area (Å²) in [7, 11) is 0. The molecule has 0 saturated heterocycles. The standard InChI is InChI=1S/C17H16ClN3O/c1-12(14-9-5-6-10-15(14)18)19-11-16-20-17(21-22-16)13-7-3-2-4-8-13/h2-10,12,19H,11H2,1H3/t12-/m0/s1. The fourth-order valence-corrected chi connectivity index (χ4v) is 2.51. The van der Waals surface area contributed by atoms with Gasteiger partial charge in [0, 0.05) is 16.6 Å². The lowest BCUT2D eigenvalue weighted by Crippen LogP contribution is -2.18. The number of halogens is 1. The van der Waals surface area contributed by atoms with E-state index in [2.05, 4.69) is 22.4 Å². The first-order valence-electron chi connectivity index (χ1n) is 7.10. The van der Waals surface area contributed by atoms with Crippen LogP contribution in [0.4, 0.5) is 0 Å². The van der Waals surface area contributed by atoms with Gasteiger partial charge in [0.15, 0.2) is 0 Å². The van der Waals surface area contributed by atoms with E-state index in [-0.39, 0.29) is 6.04 Å². The molecule has 1 heterocycles. The van der Waals surface area contributed by atoms with Crippen molar-refractivity contribution < 1.29 is 4.52 Å². The van der Waals surface area contributed by atoms with Crippen molar-refractivity contribution in [2.75, 3.05) is 0 Å². The van der Waals surface area contributed by atoms with Crippen molar-refractivity contribution in [3.05, 3.63) is 71.1 Å². The third-order valence-electron chi connectivity index (χ3n) is 3.43. The highest BCUT2D eigenvalue weighted by Gasteiger charge is 2.12. The minimum Gasteiger partial charge on any atom is -0.338 e. The van der Waals surface area contributed by atoms with Crippen molar-refractivity contribution in [1.29, 1.82) is 0 Å². The van der Waals surface area contributed by atoms with Gasteiger partial charge in [-0.3, -0.25) is 0 Å². The summed E-state index contributed by atoms with van der Waals surface area (Å²) in [5, 5.41) is 8.09. The number of hydrogen-bond donors (Lipinski definition) is 1. The van der Waals surface area contributed by atoms with E-state index in [1.165, 1.54) is 0 Å². The summed E-state index contributed by atoms with van der Waals surface area (Å²) in [6.07, 6.45) is 0. The van der Waals surface area contributed by atoms with Crippen molar-refractivity contribution in [3.63, 3.8) is 0 Å². The highest BCUT2D eigenvalue weighted by molar-refractivity contribution is 6.31. The summed E-state index contributed by atoms with van der Waals surface area (Å²) in [5.41, 5.74) is 1.99. The normalized spacial score (nSPS) is 12.3. The molecule has 0 aliphatic heterocycles. The molecule has 0 fully saturated rings. The maximum absolute atomic E-state index is 6.19. The van der Waals surface area contributed by atoms with Gasteiger partial charge in [-0.2, -0.15) is 4.98 Å². The highest BCUT2D eigenvalue weighted by Crippen LogP contribution is 2.22. The molecular formula is C17H16ClN3O. The average molecular weight is 314 g/mol. The monoisotopic (exact) mass is 313 g/mol. The summed E-state index contributed by atoms with van der Waals surface area (Å²) < 4.78 is 5.28. The zero-order valence-corrected chi connectivity index (χ0v) is 12.9. The van der Waals surface area contributed by atoms with Crippen LogP contribution in [0.15, 0.2) is 59.1 Å². The van der Waals surface area contributed by atoms with Crippen LogP contribution in [0, 0.1) is 0 Å². The Morgan fingerprint density at radius 1 is 1.09 bits per heavy atom. The van der Waals surface area contributed by atoms with Gasteiger partial charge in [-0.15, -0.1) is 0 Å². The maximum Gasteiger partial charge on any atom is 0.240 e. The molecule has 1 atom stereocenters. The maximum atomic E-state index is 6.19. The third kappa shape index (κ3) is 3.35. The van der Waals surface area contributed by atoms with E-state index < -0.39 is 0 Å². The van der Waals surface area contributed by atoms with Gasteiger partial charge in [-0.25, -0.2) is 0 Å². The van der Waals surface area contributed by atoms with E-state index >= 15 is 0 Å². The molecule has 3 rings (SSSR count). The van der Waals surface area contributed by atoms with E-state index in [9.17, 15) is 0 Å². The Balaban J connectivity index is 1.65. The van der Waals surface area contributed by atoms with E-state index in [1.54, 1.807) is 0 Å². The van der Waals surface area contributed by atoms with Crippen LogP contribution in [0.3, 0.4) is 0 Å². The predicted molar refractivity (Wildman–Crippen MR) is 86.4 cm³/mol. The quantitative estimate of drug-likeness (QED) is 0.765. The zero-order valence-electron chi connectivity index (χ0n) is 12.2. The minimum atomic E-state index is 0.0979. The van der Waals surface area contributed by atoms with E-state index in [0.29, 0.717) is 18.3 Å². The van der Waals surface area contributed by atoms with Crippen LogP contribution in [0.25, 0.3) is 11.4 Å². The second-order valence-electron chi connectivity index (χ2n) is 5.00. The molecule has 22 heavy (non-hydrogen) atoms. The molecule has 3 aromatic rings. The molecule has 0 spiro atoms. The van der Waals surface area contributed by atoms with Gasteiger partial charge in [0.1, 0.15) is 0 Å². The van der Waals surface area contributed by atoms with Crippen LogP contribution >= 0.6 is 11.6 Å². The van der Waals surface area contributed by atoms with Gasteiger partial charge < -0.3 is 9.84 Å². The number of rotatable bonds is 5. The molecule has 112 valence electrons. The van der Waals surface area contributed by atoms with Crippen LogP contribution in [0.5, 0.6) is 0 Å². The highest BCUT2D eigenvalue weighted by atomic mass is 35.5. The molecule has 0 aliphatic carbocycles. The second-order valence-corrected chi connectivity index (χ2v) is 5.41. The summed E-state index contributed by atoms with van der Waals surface area (Å²) >= 11 is 6.19. The lowest BCUT2D eigenvalue weighted by atomic mass is 10.1. The fraction of sp³-hybridized carbons (Fsp3) is 0.176. The summed E-state index contributed by atoms with van der Waals surface area (Å²) in [6, 6.07) is 17.6. The Morgan fingerprint density at radius 2 is 1.82 bits per heavy atom. The molecule has 1 aromatic heterocycles. The molecule has 0 unspecified atom stereocenters. The average Bonchev–Trinajstić information content (AvgIpc) is 3.03. The topological polar surface area (TPSA) is 51.0 Å². The fourth-order valence-electron chi connectivity index (χ4n) is 2.21. The Kier molecular flexibility index (Phi) is 4.51. The van der Waals surface area contributed by atoms with Gasteiger partial charge in [0.2, 0.25) is 11.7 Å². The first-order valence-corrected chi connectivity index (χ1v) is 7.47. The number of nitrogens with zero attached hydrogens (tertiary/aromatic N) is 2. The Hall–Kier alpha value is -2.17. The largest absolute Gasteiger partial charge is 0.338 e. The van der Waals surface area contributed by atoms with Crippen LogP contribution in [-0.4, -0.2) is 10.1 Å². The SMILES string of the molecule is C[C@H](NCc1nc(-c2ccccc2)no1)c1ccccc1Cl. The van der Waals surface area contributed by atoms with Crippen molar-refractivity contribution >= 4 is 11.6 Å². The first kappa shape index (κ1) is 14.8. The summed E-state index contributed by atoms with van der Waals surface area (Å²) in [6.45, 7) is 2.54. The van der Waals surface area contributed by atoms with Crippen LogP contribution in [0.1, 0.15) is 24.4 Å². The molecule has 0 bridgehead atoms. The Labute approximate surface area is 134 Å².